The molecular weight excluding hydrogens is 124 g/mol. The van der Waals surface area contributed by atoms with Gasteiger partial charge in [0.1, 0.15) is 0 Å². The van der Waals surface area contributed by atoms with Crippen molar-refractivity contribution in [1.29, 1.82) is 0 Å². The highest BCUT2D eigenvalue weighted by molar-refractivity contribution is 4.90. The van der Waals surface area contributed by atoms with E-state index in [1.165, 1.54) is 0 Å². The lowest BCUT2D eigenvalue weighted by atomic mass is 10.4. The number of hydrogen-bond acceptors (Lipinski definition) is 2. The number of hydrogen-bond donors (Lipinski definition) is 1. The van der Waals surface area contributed by atoms with Crippen LogP contribution in [0.1, 0.15) is 6.42 Å². The van der Waals surface area contributed by atoms with Crippen molar-refractivity contribution >= 4 is 0 Å². The molecule has 0 atom stereocenters. The fourth-order valence-corrected chi connectivity index (χ4v) is 0.536. The van der Waals surface area contributed by atoms with Crippen LogP contribution in [0, 0.1) is 0 Å². The van der Waals surface area contributed by atoms with Crippen molar-refractivity contribution in [2.24, 2.45) is 0 Å². The first-order valence-electron chi connectivity index (χ1n) is 3.42. The molecule has 0 aromatic carbocycles. The van der Waals surface area contributed by atoms with Gasteiger partial charge in [0, 0.05) is 21.1 Å². The van der Waals surface area contributed by atoms with E-state index in [4.69, 9.17) is 0 Å². The van der Waals surface area contributed by atoms with E-state index in [9.17, 15) is 0 Å². The van der Waals surface area contributed by atoms with E-state index in [2.05, 4.69) is 17.5 Å². The second-order valence-electron chi connectivity index (χ2n) is 2.28. The first-order chi connectivity index (χ1) is 4.77. The molecule has 0 aromatic rings. The van der Waals surface area contributed by atoms with Gasteiger partial charge < -0.3 is 10.2 Å². The maximum absolute atomic E-state index is 2.93. The van der Waals surface area contributed by atoms with Crippen molar-refractivity contribution in [3.8, 4) is 0 Å². The maximum atomic E-state index is 2.93. The lowest BCUT2D eigenvalue weighted by Crippen LogP contribution is -1.99. The molecule has 0 saturated heterocycles. The highest BCUT2D eigenvalue weighted by atomic mass is 15.0. The smallest absolute Gasteiger partial charge is 0.00555 e. The van der Waals surface area contributed by atoms with Crippen LogP contribution in [0.15, 0.2) is 24.6 Å². The van der Waals surface area contributed by atoms with Crippen molar-refractivity contribution in [2.75, 3.05) is 21.1 Å². The fourth-order valence-electron chi connectivity index (χ4n) is 0.536. The van der Waals surface area contributed by atoms with Gasteiger partial charge >= 0.3 is 0 Å². The molecule has 2 nitrogen and oxygen atoms in total. The Morgan fingerprint density at radius 1 is 1.30 bits per heavy atom. The standard InChI is InChI=1S/C8H16N2/c1-9-7-5-4-6-8-10(2)3/h5-9H,4H2,1-3H3/b7-5-,8-6+. The molecule has 0 amide bonds. The van der Waals surface area contributed by atoms with E-state index in [0.717, 1.165) is 6.42 Å². The fraction of sp³-hybridized carbons (Fsp3) is 0.500. The predicted octanol–water partition coefficient (Wildman–Crippen LogP) is 1.18. The Bertz CT molecular complexity index is 114. The van der Waals surface area contributed by atoms with E-state index < -0.39 is 0 Å². The van der Waals surface area contributed by atoms with Gasteiger partial charge in [-0.1, -0.05) is 12.2 Å². The van der Waals surface area contributed by atoms with Crippen LogP contribution in [0.25, 0.3) is 0 Å². The third kappa shape index (κ3) is 7.08. The Balaban J connectivity index is 3.26. The van der Waals surface area contributed by atoms with E-state index in [0.29, 0.717) is 0 Å². The van der Waals surface area contributed by atoms with Crippen LogP contribution in [0.4, 0.5) is 0 Å². The van der Waals surface area contributed by atoms with Crippen LogP contribution in [-0.2, 0) is 0 Å². The molecule has 0 saturated carbocycles. The monoisotopic (exact) mass is 140 g/mol. The second kappa shape index (κ2) is 6.20. The van der Waals surface area contributed by atoms with Crippen molar-refractivity contribution < 1.29 is 0 Å². The van der Waals surface area contributed by atoms with E-state index in [1.807, 2.05) is 38.4 Å². The van der Waals surface area contributed by atoms with Gasteiger partial charge in [-0.05, 0) is 18.8 Å². The van der Waals surface area contributed by atoms with Crippen LogP contribution in [0.5, 0.6) is 0 Å². The minimum Gasteiger partial charge on any atom is -0.394 e. The zero-order valence-electron chi connectivity index (χ0n) is 6.96. The summed E-state index contributed by atoms with van der Waals surface area (Å²) in [7, 11) is 5.92. The Kier molecular flexibility index (Phi) is 5.63. The average molecular weight is 140 g/mol. The first kappa shape index (κ1) is 9.08. The molecule has 0 spiro atoms. The van der Waals surface area contributed by atoms with Crippen LogP contribution < -0.4 is 5.32 Å². The number of rotatable bonds is 4. The van der Waals surface area contributed by atoms with Gasteiger partial charge in [-0.2, -0.15) is 0 Å². The second-order valence-corrected chi connectivity index (χ2v) is 2.28. The van der Waals surface area contributed by atoms with Crippen molar-refractivity contribution in [2.45, 2.75) is 6.42 Å². The SMILES string of the molecule is CN/C=C\C/C=C/N(C)C. The minimum atomic E-state index is 0.985. The third-order valence-corrected chi connectivity index (χ3v) is 0.960. The van der Waals surface area contributed by atoms with Crippen LogP contribution in [-0.4, -0.2) is 26.0 Å². The summed E-state index contributed by atoms with van der Waals surface area (Å²) in [4.78, 5) is 2.02. The number of nitrogens with one attached hydrogen (secondary N) is 1. The van der Waals surface area contributed by atoms with E-state index in [-0.39, 0.29) is 0 Å². The van der Waals surface area contributed by atoms with Gasteiger partial charge in [-0.3, -0.25) is 0 Å². The number of nitrogens with zero attached hydrogens (tertiary/aromatic N) is 1. The largest absolute Gasteiger partial charge is 0.394 e. The van der Waals surface area contributed by atoms with Crippen molar-refractivity contribution in [3.05, 3.63) is 24.6 Å². The molecule has 58 valence electrons. The molecule has 1 N–H and O–H groups in total. The molecule has 0 aromatic heterocycles. The first-order valence-corrected chi connectivity index (χ1v) is 3.42. The van der Waals surface area contributed by atoms with Gasteiger partial charge in [-0.15, -0.1) is 0 Å². The zero-order chi connectivity index (χ0) is 7.82. The molecule has 0 aliphatic rings. The summed E-state index contributed by atoms with van der Waals surface area (Å²) in [5.74, 6) is 0. The van der Waals surface area contributed by atoms with Gasteiger partial charge in [0.25, 0.3) is 0 Å². The summed E-state index contributed by atoms with van der Waals surface area (Å²) in [6, 6.07) is 0. The normalized spacial score (nSPS) is 11.1. The zero-order valence-corrected chi connectivity index (χ0v) is 6.96. The Labute approximate surface area is 63.2 Å². The molecule has 0 fully saturated rings. The van der Waals surface area contributed by atoms with Crippen molar-refractivity contribution in [3.63, 3.8) is 0 Å². The highest BCUT2D eigenvalue weighted by Gasteiger charge is 1.73. The Morgan fingerprint density at radius 3 is 2.50 bits per heavy atom. The summed E-state index contributed by atoms with van der Waals surface area (Å²) >= 11 is 0. The summed E-state index contributed by atoms with van der Waals surface area (Å²) < 4.78 is 0. The molecule has 0 radical (unpaired) electrons. The molecule has 0 unspecified atom stereocenters. The topological polar surface area (TPSA) is 15.3 Å². The highest BCUT2D eigenvalue weighted by Crippen LogP contribution is 1.85. The van der Waals surface area contributed by atoms with Gasteiger partial charge in [0.15, 0.2) is 0 Å². The Hall–Kier alpha value is -0.920. The van der Waals surface area contributed by atoms with Gasteiger partial charge in [0.05, 0.1) is 0 Å². The lowest BCUT2D eigenvalue weighted by molar-refractivity contribution is 0.562. The van der Waals surface area contributed by atoms with Gasteiger partial charge in [-0.25, -0.2) is 0 Å². The molecule has 0 heterocycles. The van der Waals surface area contributed by atoms with Gasteiger partial charge in [0.2, 0.25) is 0 Å². The quantitative estimate of drug-likeness (QED) is 0.631. The molecule has 0 bridgehead atoms. The molecule has 0 aliphatic heterocycles. The molecule has 0 rings (SSSR count). The molecule has 0 aliphatic carbocycles. The van der Waals surface area contributed by atoms with E-state index in [1.54, 1.807) is 0 Å². The van der Waals surface area contributed by atoms with Crippen LogP contribution in [0.3, 0.4) is 0 Å². The van der Waals surface area contributed by atoms with Crippen LogP contribution in [0.2, 0.25) is 0 Å². The maximum Gasteiger partial charge on any atom is 0.00555 e. The third-order valence-electron chi connectivity index (χ3n) is 0.960. The summed E-state index contributed by atoms with van der Waals surface area (Å²) in [6.07, 6.45) is 9.13. The summed E-state index contributed by atoms with van der Waals surface area (Å²) in [6.45, 7) is 0. The van der Waals surface area contributed by atoms with Crippen LogP contribution >= 0.6 is 0 Å². The lowest BCUT2D eigenvalue weighted by Gasteiger charge is -2.01. The van der Waals surface area contributed by atoms with Crippen molar-refractivity contribution in [1.82, 2.24) is 10.2 Å². The predicted molar refractivity (Wildman–Crippen MR) is 45.6 cm³/mol. The average Bonchev–Trinajstić information content (AvgIpc) is 1.87. The molecule has 10 heavy (non-hydrogen) atoms. The Morgan fingerprint density at radius 2 is 2.00 bits per heavy atom. The summed E-state index contributed by atoms with van der Waals surface area (Å²) in [5.41, 5.74) is 0. The van der Waals surface area contributed by atoms with E-state index >= 15 is 0 Å². The molecule has 2 heteroatoms. The molecular formula is C8H16N2. The summed E-state index contributed by atoms with van der Waals surface area (Å²) in [5, 5.41) is 2.93. The minimum absolute atomic E-state index is 0.985. The number of allylic oxidation sites excluding steroid dienone is 2.